The fourth-order valence-corrected chi connectivity index (χ4v) is 1.97. The zero-order valence-corrected chi connectivity index (χ0v) is 9.22. The first-order valence-corrected chi connectivity index (χ1v) is 5.14. The van der Waals surface area contributed by atoms with E-state index in [1.54, 1.807) is 0 Å². The van der Waals surface area contributed by atoms with Crippen molar-refractivity contribution in [3.8, 4) is 0 Å². The Hall–Kier alpha value is -1.98. The van der Waals surface area contributed by atoms with Crippen molar-refractivity contribution < 1.29 is 13.9 Å². The lowest BCUT2D eigenvalue weighted by molar-refractivity contribution is 0.178. The van der Waals surface area contributed by atoms with Crippen LogP contribution in [-0.4, -0.2) is 19.7 Å². The summed E-state index contributed by atoms with van der Waals surface area (Å²) in [5.74, 6) is -0.455. The molecule has 1 aliphatic heterocycles. The van der Waals surface area contributed by atoms with E-state index in [9.17, 15) is 14.1 Å². The molecule has 17 heavy (non-hydrogen) atoms. The number of hydrogen-bond donors (Lipinski definition) is 0. The van der Waals surface area contributed by atoms with Crippen molar-refractivity contribution in [2.45, 2.75) is 12.5 Å². The highest BCUT2D eigenvalue weighted by atomic mass is 19.1. The predicted octanol–water partition coefficient (Wildman–Crippen LogP) is 2.61. The van der Waals surface area contributed by atoms with E-state index in [1.807, 2.05) is 0 Å². The summed E-state index contributed by atoms with van der Waals surface area (Å²) in [4.78, 5) is 23.6. The minimum atomic E-state index is -0.610. The van der Waals surface area contributed by atoms with Gasteiger partial charge in [-0.25, -0.2) is 9.18 Å². The van der Waals surface area contributed by atoms with Gasteiger partial charge in [0.05, 0.1) is 12.8 Å². The van der Waals surface area contributed by atoms with E-state index < -0.39 is 18.0 Å². The molecule has 6 heteroatoms. The first-order chi connectivity index (χ1) is 8.17. The number of hydrogen-bond acceptors (Lipinski definition) is 4. The fraction of sp³-hybridized carbons (Fsp3) is 0.364. The van der Waals surface area contributed by atoms with E-state index in [0.29, 0.717) is 24.2 Å². The smallest absolute Gasteiger partial charge is 0.414 e. The number of anilines is 1. The van der Waals surface area contributed by atoms with E-state index >= 15 is 0 Å². The van der Waals surface area contributed by atoms with E-state index in [0.717, 1.165) is 0 Å². The molecule has 0 bridgehead atoms. The fourth-order valence-electron chi connectivity index (χ4n) is 1.97. The van der Waals surface area contributed by atoms with E-state index in [-0.39, 0.29) is 0 Å². The number of rotatable bonds is 1. The molecule has 1 aliphatic rings. The van der Waals surface area contributed by atoms with Gasteiger partial charge in [0.1, 0.15) is 11.9 Å². The van der Waals surface area contributed by atoms with Gasteiger partial charge in [0.15, 0.2) is 0 Å². The van der Waals surface area contributed by atoms with Crippen molar-refractivity contribution in [3.63, 3.8) is 0 Å². The van der Waals surface area contributed by atoms with Gasteiger partial charge in [-0.05, 0) is 24.6 Å². The van der Waals surface area contributed by atoms with Gasteiger partial charge in [0, 0.05) is 12.1 Å². The Bertz CT molecular complexity index is 464. The van der Waals surface area contributed by atoms with Crippen molar-refractivity contribution in [1.82, 2.24) is 0 Å². The molecule has 0 radical (unpaired) electrons. The lowest BCUT2D eigenvalue weighted by Gasteiger charge is -2.30. The van der Waals surface area contributed by atoms with Gasteiger partial charge in [-0.3, -0.25) is 4.90 Å². The van der Waals surface area contributed by atoms with Gasteiger partial charge in [0.2, 0.25) is 0 Å². The van der Waals surface area contributed by atoms with Crippen LogP contribution >= 0.6 is 0 Å². The first-order valence-electron chi connectivity index (χ1n) is 5.14. The number of halogens is 1. The molecule has 1 aromatic rings. The summed E-state index contributed by atoms with van der Waals surface area (Å²) < 4.78 is 17.8. The zero-order valence-electron chi connectivity index (χ0n) is 9.22. The Morgan fingerprint density at radius 2 is 2.35 bits per heavy atom. The van der Waals surface area contributed by atoms with Crippen LogP contribution in [0.2, 0.25) is 0 Å². The molecule has 1 amide bonds. The van der Waals surface area contributed by atoms with E-state index in [4.69, 9.17) is 0 Å². The summed E-state index contributed by atoms with van der Waals surface area (Å²) in [7, 11) is 1.27. The Labute approximate surface area is 97.1 Å². The monoisotopic (exact) mass is 238 g/mol. The molecule has 0 aliphatic carbocycles. The maximum Gasteiger partial charge on any atom is 0.414 e. The second kappa shape index (κ2) is 4.48. The second-order valence-electron chi connectivity index (χ2n) is 3.73. The third-order valence-electron chi connectivity index (χ3n) is 2.79. The lowest BCUT2D eigenvalue weighted by Crippen LogP contribution is -2.36. The number of fused-ring (bicyclic) bond motifs is 1. The van der Waals surface area contributed by atoms with Crippen LogP contribution in [0, 0.1) is 10.7 Å². The van der Waals surface area contributed by atoms with Crippen molar-refractivity contribution in [2.24, 2.45) is 5.18 Å². The van der Waals surface area contributed by atoms with Crippen LogP contribution < -0.4 is 4.90 Å². The van der Waals surface area contributed by atoms with Crippen LogP contribution in [0.1, 0.15) is 18.0 Å². The molecule has 0 spiro atoms. The molecule has 1 heterocycles. The minimum Gasteiger partial charge on any atom is -0.452 e. The predicted molar refractivity (Wildman–Crippen MR) is 59.3 cm³/mol. The van der Waals surface area contributed by atoms with Gasteiger partial charge < -0.3 is 4.74 Å². The molecule has 1 unspecified atom stereocenters. The number of amides is 1. The normalized spacial score (nSPS) is 18.5. The number of carbonyl (C=O) groups is 1. The summed E-state index contributed by atoms with van der Waals surface area (Å²) in [6.07, 6.45) is -0.156. The van der Waals surface area contributed by atoms with Crippen molar-refractivity contribution in [2.75, 3.05) is 18.6 Å². The average molecular weight is 238 g/mol. The average Bonchev–Trinajstić information content (AvgIpc) is 2.36. The first kappa shape index (κ1) is 11.5. The number of nitrogens with zero attached hydrogens (tertiary/aromatic N) is 2. The molecule has 90 valence electrons. The van der Waals surface area contributed by atoms with Crippen molar-refractivity contribution >= 4 is 11.8 Å². The van der Waals surface area contributed by atoms with Crippen LogP contribution in [0.3, 0.4) is 0 Å². The Morgan fingerprint density at radius 1 is 1.59 bits per heavy atom. The molecule has 1 atom stereocenters. The molecular weight excluding hydrogens is 227 g/mol. The number of methoxy groups -OCH3 is 1. The van der Waals surface area contributed by atoms with Crippen LogP contribution in [0.5, 0.6) is 0 Å². The molecule has 1 aromatic carbocycles. The number of nitroso groups, excluding NO2 is 1. The standard InChI is InChI=1S/C11H11FN2O3/c1-17-11(15)14-5-4-9(13-16)8-6-7(12)2-3-10(8)14/h2-3,6,9H,4-5H2,1H3. The maximum atomic E-state index is 13.1. The van der Waals surface area contributed by atoms with Crippen LogP contribution in [0.4, 0.5) is 14.9 Å². The molecule has 0 saturated heterocycles. The third kappa shape index (κ3) is 1.98. The lowest BCUT2D eigenvalue weighted by atomic mass is 9.97. The summed E-state index contributed by atoms with van der Waals surface area (Å²) in [6, 6.07) is 3.32. The van der Waals surface area contributed by atoms with Crippen LogP contribution in [-0.2, 0) is 4.74 Å². The molecular formula is C11H11FN2O3. The van der Waals surface area contributed by atoms with Crippen molar-refractivity contribution in [3.05, 3.63) is 34.5 Å². The molecule has 0 saturated carbocycles. The van der Waals surface area contributed by atoms with Crippen molar-refractivity contribution in [1.29, 1.82) is 0 Å². The number of ether oxygens (including phenoxy) is 1. The summed E-state index contributed by atoms with van der Waals surface area (Å²) >= 11 is 0. The Kier molecular flexibility index (Phi) is 3.03. The van der Waals surface area contributed by atoms with Crippen LogP contribution in [0.15, 0.2) is 23.4 Å². The highest BCUT2D eigenvalue weighted by Crippen LogP contribution is 2.36. The number of carbonyl (C=O) groups excluding carboxylic acids is 1. The molecule has 0 fully saturated rings. The second-order valence-corrected chi connectivity index (χ2v) is 3.73. The minimum absolute atomic E-state index is 0.335. The largest absolute Gasteiger partial charge is 0.452 e. The van der Waals surface area contributed by atoms with Gasteiger partial charge >= 0.3 is 6.09 Å². The zero-order chi connectivity index (χ0) is 12.4. The third-order valence-corrected chi connectivity index (χ3v) is 2.79. The summed E-state index contributed by atoms with van der Waals surface area (Å²) in [6.45, 7) is 0.335. The summed E-state index contributed by atoms with van der Waals surface area (Å²) in [5.41, 5.74) is 0.908. The van der Waals surface area contributed by atoms with E-state index in [1.165, 1.54) is 30.2 Å². The van der Waals surface area contributed by atoms with Gasteiger partial charge in [0.25, 0.3) is 0 Å². The topological polar surface area (TPSA) is 59.0 Å². The summed E-state index contributed by atoms with van der Waals surface area (Å²) in [5, 5.41) is 2.95. The highest BCUT2D eigenvalue weighted by Gasteiger charge is 2.30. The number of benzene rings is 1. The van der Waals surface area contributed by atoms with Crippen LogP contribution in [0.25, 0.3) is 0 Å². The van der Waals surface area contributed by atoms with E-state index in [2.05, 4.69) is 9.91 Å². The van der Waals surface area contributed by atoms with Gasteiger partial charge in [-0.15, -0.1) is 0 Å². The van der Waals surface area contributed by atoms with Gasteiger partial charge in [-0.1, -0.05) is 5.18 Å². The maximum absolute atomic E-state index is 13.1. The molecule has 5 nitrogen and oxygen atoms in total. The highest BCUT2D eigenvalue weighted by molar-refractivity contribution is 5.89. The molecule has 0 N–H and O–H groups in total. The molecule has 2 rings (SSSR count). The van der Waals surface area contributed by atoms with Gasteiger partial charge in [-0.2, -0.15) is 4.91 Å². The Morgan fingerprint density at radius 3 is 3.00 bits per heavy atom. The SMILES string of the molecule is COC(=O)N1CCC(N=O)c2cc(F)ccc21. The Balaban J connectivity index is 2.47. The molecule has 0 aromatic heterocycles. The quantitative estimate of drug-likeness (QED) is 0.706.